The third kappa shape index (κ3) is 5.10. The molecule has 1 aromatic carbocycles. The first kappa shape index (κ1) is 17.0. The first-order valence-corrected chi connectivity index (χ1v) is 8.16. The zero-order valence-electron chi connectivity index (χ0n) is 13.0. The molecule has 0 bridgehead atoms. The molecule has 122 valence electrons. The van der Waals surface area contributed by atoms with Crippen LogP contribution in [-0.4, -0.2) is 23.1 Å². The summed E-state index contributed by atoms with van der Waals surface area (Å²) in [6.45, 7) is 3.87. The van der Waals surface area contributed by atoms with Crippen molar-refractivity contribution in [2.24, 2.45) is 0 Å². The molecule has 1 atom stereocenters. The van der Waals surface area contributed by atoms with Gasteiger partial charge in [-0.05, 0) is 43.0 Å². The van der Waals surface area contributed by atoms with Crippen LogP contribution in [0.2, 0.25) is 0 Å². The van der Waals surface area contributed by atoms with E-state index in [4.69, 9.17) is 9.84 Å². The van der Waals surface area contributed by atoms with Gasteiger partial charge in [-0.1, -0.05) is 18.2 Å². The van der Waals surface area contributed by atoms with Crippen LogP contribution in [0.1, 0.15) is 41.5 Å². The Bertz CT molecular complexity index is 650. The Hall–Kier alpha value is -2.34. The molecule has 1 amide bonds. The van der Waals surface area contributed by atoms with E-state index in [1.807, 2.05) is 13.8 Å². The Morgan fingerprint density at radius 2 is 1.91 bits per heavy atom. The molecular formula is C17H19NO4S. The van der Waals surface area contributed by atoms with Gasteiger partial charge in [0.1, 0.15) is 5.75 Å². The lowest BCUT2D eigenvalue weighted by Gasteiger charge is -2.18. The number of hydrogen-bond acceptors (Lipinski definition) is 4. The highest BCUT2D eigenvalue weighted by atomic mass is 32.1. The average molecular weight is 333 g/mol. The van der Waals surface area contributed by atoms with Gasteiger partial charge in [-0.15, -0.1) is 11.3 Å². The normalized spacial score (nSPS) is 12.0. The Morgan fingerprint density at radius 3 is 2.43 bits per heavy atom. The Kier molecular flexibility index (Phi) is 5.76. The molecule has 1 aromatic heterocycles. The molecule has 2 aromatic rings. The van der Waals surface area contributed by atoms with Crippen molar-refractivity contribution in [3.05, 3.63) is 52.2 Å². The second-order valence-corrected chi connectivity index (χ2v) is 6.28. The maximum absolute atomic E-state index is 12.2. The number of carbonyl (C=O) groups is 2. The van der Waals surface area contributed by atoms with E-state index >= 15 is 0 Å². The predicted molar refractivity (Wildman–Crippen MR) is 89.0 cm³/mol. The highest BCUT2D eigenvalue weighted by molar-refractivity contribution is 7.12. The van der Waals surface area contributed by atoms with Crippen LogP contribution in [0.15, 0.2) is 41.8 Å². The van der Waals surface area contributed by atoms with E-state index in [0.717, 1.165) is 5.56 Å². The van der Waals surface area contributed by atoms with E-state index < -0.39 is 12.0 Å². The molecular weight excluding hydrogens is 314 g/mol. The summed E-state index contributed by atoms with van der Waals surface area (Å²) in [5, 5.41) is 13.7. The number of thiophene rings is 1. The topological polar surface area (TPSA) is 75.6 Å². The number of aliphatic carboxylic acids is 1. The van der Waals surface area contributed by atoms with Crippen molar-refractivity contribution < 1.29 is 19.4 Å². The average Bonchev–Trinajstić information content (AvgIpc) is 3.00. The minimum atomic E-state index is -0.969. The largest absolute Gasteiger partial charge is 0.491 e. The van der Waals surface area contributed by atoms with E-state index in [-0.39, 0.29) is 18.4 Å². The van der Waals surface area contributed by atoms with E-state index in [1.165, 1.54) is 11.3 Å². The third-order valence-corrected chi connectivity index (χ3v) is 3.95. The van der Waals surface area contributed by atoms with Gasteiger partial charge in [-0.25, -0.2) is 0 Å². The standard InChI is InChI=1S/C17H19NO4S/c1-11(2)22-13-7-5-12(6-8-13)14(10-16(19)20)18-17(21)15-4-3-9-23-15/h3-9,11,14H,10H2,1-2H3,(H,18,21)(H,19,20)/t14-/m1/s1. The van der Waals surface area contributed by atoms with Crippen LogP contribution in [0.4, 0.5) is 0 Å². The number of nitrogens with one attached hydrogen (secondary N) is 1. The van der Waals surface area contributed by atoms with Gasteiger partial charge in [-0.3, -0.25) is 9.59 Å². The molecule has 1 heterocycles. The zero-order valence-corrected chi connectivity index (χ0v) is 13.8. The van der Waals surface area contributed by atoms with Crippen molar-refractivity contribution in [2.45, 2.75) is 32.4 Å². The number of carboxylic acid groups (broad SMARTS) is 1. The lowest BCUT2D eigenvalue weighted by atomic mass is 10.0. The number of carboxylic acids is 1. The molecule has 6 heteroatoms. The SMILES string of the molecule is CC(C)Oc1ccc([C@@H](CC(=O)O)NC(=O)c2cccs2)cc1. The van der Waals surface area contributed by atoms with Crippen molar-refractivity contribution in [3.8, 4) is 5.75 Å². The molecule has 0 saturated heterocycles. The van der Waals surface area contributed by atoms with Gasteiger partial charge in [-0.2, -0.15) is 0 Å². The van der Waals surface area contributed by atoms with Crippen molar-refractivity contribution >= 4 is 23.2 Å². The predicted octanol–water partition coefficient (Wildman–Crippen LogP) is 3.48. The van der Waals surface area contributed by atoms with Gasteiger partial charge in [0.15, 0.2) is 0 Å². The van der Waals surface area contributed by atoms with Crippen LogP contribution in [0, 0.1) is 0 Å². The smallest absolute Gasteiger partial charge is 0.305 e. The van der Waals surface area contributed by atoms with Gasteiger partial charge in [0, 0.05) is 0 Å². The van der Waals surface area contributed by atoms with Crippen LogP contribution >= 0.6 is 11.3 Å². The number of rotatable bonds is 7. The summed E-state index contributed by atoms with van der Waals surface area (Å²) in [6, 6.07) is 10.0. The summed E-state index contributed by atoms with van der Waals surface area (Å²) >= 11 is 1.32. The fourth-order valence-corrected chi connectivity index (χ4v) is 2.74. The molecule has 0 fully saturated rings. The molecule has 23 heavy (non-hydrogen) atoms. The number of benzene rings is 1. The summed E-state index contributed by atoms with van der Waals surface area (Å²) in [4.78, 5) is 23.8. The number of amides is 1. The van der Waals surface area contributed by atoms with E-state index in [9.17, 15) is 9.59 Å². The van der Waals surface area contributed by atoms with Crippen LogP contribution in [0.3, 0.4) is 0 Å². The van der Waals surface area contributed by atoms with Crippen molar-refractivity contribution in [3.63, 3.8) is 0 Å². The Morgan fingerprint density at radius 1 is 1.22 bits per heavy atom. The number of hydrogen-bond donors (Lipinski definition) is 2. The van der Waals surface area contributed by atoms with Crippen molar-refractivity contribution in [1.29, 1.82) is 0 Å². The molecule has 0 spiro atoms. The third-order valence-electron chi connectivity index (χ3n) is 3.08. The summed E-state index contributed by atoms with van der Waals surface area (Å²) in [6.07, 6.45) is -0.115. The Balaban J connectivity index is 2.14. The van der Waals surface area contributed by atoms with Crippen molar-refractivity contribution in [1.82, 2.24) is 5.32 Å². The summed E-state index contributed by atoms with van der Waals surface area (Å²) in [5.41, 5.74) is 0.730. The monoisotopic (exact) mass is 333 g/mol. The first-order chi connectivity index (χ1) is 11.0. The molecule has 0 aliphatic carbocycles. The maximum atomic E-state index is 12.2. The fraction of sp³-hybridized carbons (Fsp3) is 0.294. The van der Waals surface area contributed by atoms with Crippen molar-refractivity contribution in [2.75, 3.05) is 0 Å². The molecule has 0 radical (unpaired) electrons. The van der Waals surface area contributed by atoms with Crippen LogP contribution < -0.4 is 10.1 Å². The summed E-state index contributed by atoms with van der Waals surface area (Å²) in [7, 11) is 0. The fourth-order valence-electron chi connectivity index (χ4n) is 2.11. The van der Waals surface area contributed by atoms with Gasteiger partial charge in [0.2, 0.25) is 0 Å². The molecule has 0 aliphatic rings. The van der Waals surface area contributed by atoms with Gasteiger partial charge in [0.25, 0.3) is 5.91 Å². The second-order valence-electron chi connectivity index (χ2n) is 5.34. The number of carbonyl (C=O) groups excluding carboxylic acids is 1. The van der Waals surface area contributed by atoms with E-state index in [1.54, 1.807) is 41.8 Å². The Labute approximate surface area is 138 Å². The second kappa shape index (κ2) is 7.78. The van der Waals surface area contributed by atoms with Crippen LogP contribution in [-0.2, 0) is 4.79 Å². The first-order valence-electron chi connectivity index (χ1n) is 7.28. The van der Waals surface area contributed by atoms with Crippen LogP contribution in [0.5, 0.6) is 5.75 Å². The van der Waals surface area contributed by atoms with E-state index in [0.29, 0.717) is 10.6 Å². The highest BCUT2D eigenvalue weighted by Crippen LogP contribution is 2.22. The molecule has 2 rings (SSSR count). The molecule has 5 nitrogen and oxygen atoms in total. The van der Waals surface area contributed by atoms with Gasteiger partial charge < -0.3 is 15.2 Å². The quantitative estimate of drug-likeness (QED) is 0.813. The minimum Gasteiger partial charge on any atom is -0.491 e. The lowest BCUT2D eigenvalue weighted by molar-refractivity contribution is -0.137. The van der Waals surface area contributed by atoms with E-state index in [2.05, 4.69) is 5.32 Å². The highest BCUT2D eigenvalue weighted by Gasteiger charge is 2.19. The van der Waals surface area contributed by atoms with Crippen LogP contribution in [0.25, 0.3) is 0 Å². The summed E-state index contributed by atoms with van der Waals surface area (Å²) < 4.78 is 5.57. The lowest BCUT2D eigenvalue weighted by Crippen LogP contribution is -2.29. The molecule has 2 N–H and O–H groups in total. The molecule has 0 aliphatic heterocycles. The molecule has 0 unspecified atom stereocenters. The maximum Gasteiger partial charge on any atom is 0.305 e. The van der Waals surface area contributed by atoms with Gasteiger partial charge >= 0.3 is 5.97 Å². The zero-order chi connectivity index (χ0) is 16.8. The minimum absolute atomic E-state index is 0.0641. The van der Waals surface area contributed by atoms with Gasteiger partial charge in [0.05, 0.1) is 23.4 Å². The number of ether oxygens (including phenoxy) is 1. The molecule has 0 saturated carbocycles. The summed E-state index contributed by atoms with van der Waals surface area (Å²) in [5.74, 6) is -0.528.